The number of carbonyl (C=O) groups excluding carboxylic acids is 1. The Balaban J connectivity index is 1.14. The summed E-state index contributed by atoms with van der Waals surface area (Å²) in [6.07, 6.45) is 3.90. The van der Waals surface area contributed by atoms with Crippen LogP contribution in [0.2, 0.25) is 0 Å². The van der Waals surface area contributed by atoms with Crippen LogP contribution in [0.25, 0.3) is 27.6 Å². The number of halogens is 1. The van der Waals surface area contributed by atoms with Gasteiger partial charge in [0.2, 0.25) is 0 Å². The molecule has 0 spiro atoms. The Labute approximate surface area is 245 Å². The lowest BCUT2D eigenvalue weighted by molar-refractivity contribution is -0.141. The lowest BCUT2D eigenvalue weighted by Gasteiger charge is -2.44. The molecule has 1 N–H and O–H groups in total. The lowest BCUT2D eigenvalue weighted by atomic mass is 9.91. The Kier molecular flexibility index (Phi) is 6.54. The maximum Gasteiger partial charge on any atom is 0.282 e. The molecule has 5 heterocycles. The molecule has 0 radical (unpaired) electrons. The molecule has 7 rings (SSSR count). The van der Waals surface area contributed by atoms with Crippen LogP contribution in [0.4, 0.5) is 15.9 Å². The minimum atomic E-state index is -0.969. The molecule has 2 unspecified atom stereocenters. The van der Waals surface area contributed by atoms with Crippen molar-refractivity contribution in [1.82, 2.24) is 34.8 Å². The van der Waals surface area contributed by atoms with Crippen LogP contribution in [0, 0.1) is 6.92 Å². The van der Waals surface area contributed by atoms with Gasteiger partial charge in [-0.05, 0) is 66.9 Å². The highest BCUT2D eigenvalue weighted by Crippen LogP contribution is 2.35. The summed E-state index contributed by atoms with van der Waals surface area (Å²) in [5, 5.41) is 11.6. The van der Waals surface area contributed by atoms with Gasteiger partial charge in [0.05, 0.1) is 42.0 Å². The van der Waals surface area contributed by atoms with Crippen LogP contribution in [0.15, 0.2) is 73.3 Å². The summed E-state index contributed by atoms with van der Waals surface area (Å²) >= 11 is 0. The first-order valence-corrected chi connectivity index (χ1v) is 13.8. The van der Waals surface area contributed by atoms with E-state index in [0.717, 1.165) is 33.6 Å². The molecule has 2 aliphatic heterocycles. The monoisotopic (exact) mass is 578 g/mol. The second-order valence-electron chi connectivity index (χ2n) is 10.6. The molecule has 1 saturated heterocycles. The van der Waals surface area contributed by atoms with Crippen molar-refractivity contribution >= 4 is 45.1 Å². The van der Waals surface area contributed by atoms with Gasteiger partial charge in [-0.3, -0.25) is 4.79 Å². The molecular weight excluding hydrogens is 551 g/mol. The normalized spacial score (nSPS) is 18.0. The van der Waals surface area contributed by atoms with Crippen LogP contribution in [0.5, 0.6) is 11.5 Å². The predicted octanol–water partition coefficient (Wildman–Crippen LogP) is 5.02. The first kappa shape index (κ1) is 26.7. The van der Waals surface area contributed by atoms with E-state index in [-0.39, 0.29) is 12.6 Å². The second-order valence-corrected chi connectivity index (χ2v) is 10.6. The maximum atomic E-state index is 13.7. The van der Waals surface area contributed by atoms with Crippen LogP contribution >= 0.6 is 0 Å². The standard InChI is InChI=1S/C31H27FN8O3/c1-17-10-20(4-9-28(17)43-23-5-8-27-26(13-23)37-38-39(27)3)35-30-29-25(33-16-34-30)7-6-24(36-29)19-11-21-14-42-15-22(12-19)40(21)31(41)18(2)32/h4-11,13,16,21-22H,2,12,14-15H2,1,3H3,(H,33,34,35). The number of pyridine rings is 1. The third-order valence-corrected chi connectivity index (χ3v) is 7.72. The molecular formula is C31H27FN8O3. The first-order chi connectivity index (χ1) is 20.8. The van der Waals surface area contributed by atoms with Gasteiger partial charge in [-0.2, -0.15) is 0 Å². The molecule has 0 aliphatic carbocycles. The number of aromatic nitrogens is 6. The van der Waals surface area contributed by atoms with Crippen molar-refractivity contribution in [1.29, 1.82) is 0 Å². The molecule has 2 bridgehead atoms. The van der Waals surface area contributed by atoms with E-state index in [4.69, 9.17) is 14.5 Å². The van der Waals surface area contributed by atoms with Crippen molar-refractivity contribution < 1.29 is 18.7 Å². The zero-order chi connectivity index (χ0) is 29.7. The average molecular weight is 579 g/mol. The fraction of sp³-hybridized carbons (Fsp3) is 0.226. The van der Waals surface area contributed by atoms with Gasteiger partial charge in [0.25, 0.3) is 5.91 Å². The SMILES string of the molecule is C=C(F)C(=O)N1C2C=C(c3ccc4ncnc(Nc5ccc(Oc6ccc7c(c6)nnn7C)c(C)c5)c4n3)CC1COC2. The van der Waals surface area contributed by atoms with Gasteiger partial charge in [0.1, 0.15) is 28.9 Å². The van der Waals surface area contributed by atoms with Crippen molar-refractivity contribution in [3.05, 3.63) is 84.6 Å². The average Bonchev–Trinajstić information content (AvgIpc) is 3.37. The van der Waals surface area contributed by atoms with Crippen LogP contribution in [-0.2, 0) is 16.6 Å². The van der Waals surface area contributed by atoms with E-state index in [1.807, 2.05) is 68.6 Å². The topological polar surface area (TPSA) is 120 Å². The number of amides is 1. The summed E-state index contributed by atoms with van der Waals surface area (Å²) in [7, 11) is 1.85. The zero-order valence-corrected chi connectivity index (χ0v) is 23.5. The fourth-order valence-electron chi connectivity index (χ4n) is 5.64. The quantitative estimate of drug-likeness (QED) is 0.277. The Bertz CT molecular complexity index is 1950. The summed E-state index contributed by atoms with van der Waals surface area (Å²) in [6.45, 7) is 5.77. The number of rotatable bonds is 6. The predicted molar refractivity (Wildman–Crippen MR) is 158 cm³/mol. The minimum Gasteiger partial charge on any atom is -0.457 e. The van der Waals surface area contributed by atoms with Crippen molar-refractivity contribution in [2.24, 2.45) is 7.05 Å². The summed E-state index contributed by atoms with van der Waals surface area (Å²) in [5.74, 6) is 0.273. The van der Waals surface area contributed by atoms with Gasteiger partial charge >= 0.3 is 0 Å². The fourth-order valence-corrected chi connectivity index (χ4v) is 5.64. The van der Waals surface area contributed by atoms with Gasteiger partial charge in [-0.25, -0.2) is 24.0 Å². The van der Waals surface area contributed by atoms with Crippen molar-refractivity contribution in [3.8, 4) is 11.5 Å². The zero-order valence-electron chi connectivity index (χ0n) is 23.5. The number of fused-ring (bicyclic) bond motifs is 4. The molecule has 5 aromatic rings. The van der Waals surface area contributed by atoms with Gasteiger partial charge in [-0.15, -0.1) is 5.10 Å². The summed E-state index contributed by atoms with van der Waals surface area (Å²) in [6, 6.07) is 14.6. The number of carbonyl (C=O) groups is 1. The van der Waals surface area contributed by atoms with Gasteiger partial charge in [0, 0.05) is 18.8 Å². The molecule has 2 aromatic carbocycles. The number of ether oxygens (including phenoxy) is 2. The molecule has 11 nitrogen and oxygen atoms in total. The van der Waals surface area contributed by atoms with E-state index in [2.05, 4.69) is 32.2 Å². The third kappa shape index (κ3) is 4.95. The van der Waals surface area contributed by atoms with Crippen LogP contribution in [0.3, 0.4) is 0 Å². The molecule has 216 valence electrons. The van der Waals surface area contributed by atoms with Crippen LogP contribution in [-0.4, -0.2) is 66.1 Å². The number of nitrogens with zero attached hydrogens (tertiary/aromatic N) is 7. The number of nitrogens with one attached hydrogen (secondary N) is 1. The highest BCUT2D eigenvalue weighted by atomic mass is 19.1. The molecule has 2 aliphatic rings. The number of anilines is 2. The Morgan fingerprint density at radius 3 is 2.81 bits per heavy atom. The summed E-state index contributed by atoms with van der Waals surface area (Å²) < 4.78 is 27.2. The summed E-state index contributed by atoms with van der Waals surface area (Å²) in [4.78, 5) is 27.8. The largest absolute Gasteiger partial charge is 0.457 e. The molecule has 43 heavy (non-hydrogen) atoms. The Morgan fingerprint density at radius 2 is 2.00 bits per heavy atom. The van der Waals surface area contributed by atoms with E-state index in [1.165, 1.54) is 11.2 Å². The molecule has 1 fully saturated rings. The Hall–Kier alpha value is -5.23. The van der Waals surface area contributed by atoms with E-state index in [1.54, 1.807) is 4.68 Å². The molecule has 1 amide bonds. The minimum absolute atomic E-state index is 0.288. The molecule has 3 aromatic heterocycles. The van der Waals surface area contributed by atoms with Crippen molar-refractivity contribution in [2.45, 2.75) is 25.4 Å². The van der Waals surface area contributed by atoms with Gasteiger partial charge in [0.15, 0.2) is 11.6 Å². The van der Waals surface area contributed by atoms with Gasteiger partial charge < -0.3 is 19.7 Å². The lowest BCUT2D eigenvalue weighted by Crippen LogP contribution is -2.56. The van der Waals surface area contributed by atoms with Crippen LogP contribution in [0.1, 0.15) is 17.7 Å². The number of aryl methyl sites for hydroxylation is 2. The second kappa shape index (κ2) is 10.6. The van der Waals surface area contributed by atoms with E-state index in [9.17, 15) is 9.18 Å². The highest BCUT2D eigenvalue weighted by molar-refractivity contribution is 5.92. The van der Waals surface area contributed by atoms with Crippen LogP contribution < -0.4 is 10.1 Å². The van der Waals surface area contributed by atoms with E-state index < -0.39 is 17.8 Å². The van der Waals surface area contributed by atoms with E-state index in [0.29, 0.717) is 41.4 Å². The first-order valence-electron chi connectivity index (χ1n) is 13.8. The number of hydrogen-bond donors (Lipinski definition) is 1. The number of morpholine rings is 1. The van der Waals surface area contributed by atoms with Gasteiger partial charge in [-0.1, -0.05) is 17.9 Å². The smallest absolute Gasteiger partial charge is 0.282 e. The highest BCUT2D eigenvalue weighted by Gasteiger charge is 2.39. The maximum absolute atomic E-state index is 13.7. The van der Waals surface area contributed by atoms with Crippen molar-refractivity contribution in [3.63, 3.8) is 0 Å². The molecule has 12 heteroatoms. The number of benzene rings is 2. The molecule has 2 atom stereocenters. The number of hydrogen-bond acceptors (Lipinski definition) is 9. The Morgan fingerprint density at radius 1 is 1.12 bits per heavy atom. The van der Waals surface area contributed by atoms with Crippen molar-refractivity contribution in [2.75, 3.05) is 18.5 Å². The summed E-state index contributed by atoms with van der Waals surface area (Å²) in [5.41, 5.74) is 6.41. The molecule has 0 saturated carbocycles. The van der Waals surface area contributed by atoms with E-state index >= 15 is 0 Å². The third-order valence-electron chi connectivity index (χ3n) is 7.72.